The van der Waals surface area contributed by atoms with Gasteiger partial charge in [0, 0.05) is 0 Å². The van der Waals surface area contributed by atoms with Crippen molar-refractivity contribution in [3.05, 3.63) is 29.8 Å². The Kier molecular flexibility index (Phi) is 4.49. The van der Waals surface area contributed by atoms with Gasteiger partial charge in [-0.25, -0.2) is 8.78 Å². The first-order chi connectivity index (χ1) is 7.08. The highest BCUT2D eigenvalue weighted by Crippen LogP contribution is 2.14. The Morgan fingerprint density at radius 2 is 1.87 bits per heavy atom. The maximum atomic E-state index is 11.8. The molecular weight excluding hydrogens is 202 g/mol. The standard InChI is InChI=1S/C11H14F2O2/c1-8(14)6-9-2-4-10(5-3-9)15-7-11(12)13/h2-5,8,11,14H,6-7H2,1H3. The summed E-state index contributed by atoms with van der Waals surface area (Å²) in [6.07, 6.45) is -2.31. The molecule has 4 heteroatoms. The molecule has 0 aromatic heterocycles. The van der Waals surface area contributed by atoms with Crippen LogP contribution in [0.2, 0.25) is 0 Å². The van der Waals surface area contributed by atoms with Gasteiger partial charge in [0.2, 0.25) is 0 Å². The summed E-state index contributed by atoms with van der Waals surface area (Å²) in [7, 11) is 0. The zero-order valence-electron chi connectivity index (χ0n) is 8.49. The van der Waals surface area contributed by atoms with Gasteiger partial charge in [-0.1, -0.05) is 12.1 Å². The summed E-state index contributed by atoms with van der Waals surface area (Å²) in [5.74, 6) is 0.421. The molecule has 0 aliphatic rings. The number of ether oxygens (including phenoxy) is 1. The fraction of sp³-hybridized carbons (Fsp3) is 0.455. The lowest BCUT2D eigenvalue weighted by Crippen LogP contribution is -2.07. The van der Waals surface area contributed by atoms with Gasteiger partial charge in [0.05, 0.1) is 6.10 Å². The smallest absolute Gasteiger partial charge is 0.272 e. The third kappa shape index (κ3) is 4.74. The monoisotopic (exact) mass is 216 g/mol. The number of halogens is 2. The van der Waals surface area contributed by atoms with Gasteiger partial charge >= 0.3 is 0 Å². The molecule has 1 aromatic carbocycles. The summed E-state index contributed by atoms with van der Waals surface area (Å²) < 4.78 is 28.4. The largest absolute Gasteiger partial charge is 0.488 e. The van der Waals surface area contributed by atoms with Crippen LogP contribution in [0.5, 0.6) is 5.75 Å². The second-order valence-electron chi connectivity index (χ2n) is 3.40. The number of aliphatic hydroxyl groups is 1. The summed E-state index contributed by atoms with van der Waals surface area (Å²) in [6.45, 7) is 1.11. The number of benzene rings is 1. The first-order valence-electron chi connectivity index (χ1n) is 4.76. The molecule has 0 heterocycles. The number of alkyl halides is 2. The minimum atomic E-state index is -2.46. The van der Waals surface area contributed by atoms with Gasteiger partial charge in [0.1, 0.15) is 12.4 Å². The molecule has 1 unspecified atom stereocenters. The molecule has 2 nitrogen and oxygen atoms in total. The van der Waals surface area contributed by atoms with Crippen molar-refractivity contribution in [3.8, 4) is 5.75 Å². The Balaban J connectivity index is 2.49. The van der Waals surface area contributed by atoms with Crippen LogP contribution < -0.4 is 4.74 Å². The zero-order valence-corrected chi connectivity index (χ0v) is 8.49. The van der Waals surface area contributed by atoms with Crippen molar-refractivity contribution in [2.24, 2.45) is 0 Å². The van der Waals surface area contributed by atoms with E-state index in [2.05, 4.69) is 0 Å². The van der Waals surface area contributed by atoms with E-state index in [1.54, 1.807) is 31.2 Å². The molecule has 0 aliphatic carbocycles. The molecule has 1 aromatic rings. The van der Waals surface area contributed by atoms with Crippen molar-refractivity contribution in [3.63, 3.8) is 0 Å². The van der Waals surface area contributed by atoms with Crippen LogP contribution in [0.1, 0.15) is 12.5 Å². The average Bonchev–Trinajstić information content (AvgIpc) is 2.16. The summed E-state index contributed by atoms with van der Waals surface area (Å²) in [6, 6.07) is 6.77. The minimum absolute atomic E-state index is 0.405. The van der Waals surface area contributed by atoms with Gasteiger partial charge in [0.15, 0.2) is 0 Å². The van der Waals surface area contributed by atoms with Gasteiger partial charge in [-0.2, -0.15) is 0 Å². The van der Waals surface area contributed by atoms with Crippen molar-refractivity contribution in [2.75, 3.05) is 6.61 Å². The second kappa shape index (κ2) is 5.66. The predicted molar refractivity (Wildman–Crippen MR) is 53.3 cm³/mol. The fourth-order valence-electron chi connectivity index (χ4n) is 1.22. The van der Waals surface area contributed by atoms with Crippen molar-refractivity contribution >= 4 is 0 Å². The molecule has 0 radical (unpaired) electrons. The lowest BCUT2D eigenvalue weighted by Gasteiger charge is -2.07. The van der Waals surface area contributed by atoms with Gasteiger partial charge in [-0.3, -0.25) is 0 Å². The quantitative estimate of drug-likeness (QED) is 0.818. The Labute approximate surface area is 87.5 Å². The molecule has 1 N–H and O–H groups in total. The van der Waals surface area contributed by atoms with Crippen molar-refractivity contribution < 1.29 is 18.6 Å². The Morgan fingerprint density at radius 1 is 1.27 bits per heavy atom. The molecule has 84 valence electrons. The van der Waals surface area contributed by atoms with Crippen molar-refractivity contribution in [1.29, 1.82) is 0 Å². The van der Waals surface area contributed by atoms with E-state index in [0.29, 0.717) is 12.2 Å². The van der Waals surface area contributed by atoms with E-state index in [1.807, 2.05) is 0 Å². The summed E-state index contributed by atoms with van der Waals surface area (Å²) >= 11 is 0. The topological polar surface area (TPSA) is 29.5 Å². The average molecular weight is 216 g/mol. The molecule has 0 saturated heterocycles. The van der Waals surface area contributed by atoms with E-state index in [1.165, 1.54) is 0 Å². The van der Waals surface area contributed by atoms with Crippen LogP contribution in [0.25, 0.3) is 0 Å². The Bertz CT molecular complexity index is 283. The van der Waals surface area contributed by atoms with E-state index >= 15 is 0 Å². The van der Waals surface area contributed by atoms with Crippen molar-refractivity contribution in [2.45, 2.75) is 25.9 Å². The summed E-state index contributed by atoms with van der Waals surface area (Å²) in [4.78, 5) is 0. The molecule has 0 spiro atoms. The summed E-state index contributed by atoms with van der Waals surface area (Å²) in [5.41, 5.74) is 0.953. The SMILES string of the molecule is CC(O)Cc1ccc(OCC(F)F)cc1. The first kappa shape index (κ1) is 11.9. The second-order valence-corrected chi connectivity index (χ2v) is 3.40. The Morgan fingerprint density at radius 3 is 2.33 bits per heavy atom. The van der Waals surface area contributed by atoms with Crippen LogP contribution in [0.15, 0.2) is 24.3 Å². The maximum absolute atomic E-state index is 11.8. The highest BCUT2D eigenvalue weighted by molar-refractivity contribution is 5.27. The normalized spacial score (nSPS) is 12.9. The molecule has 1 rings (SSSR count). The zero-order chi connectivity index (χ0) is 11.3. The van der Waals surface area contributed by atoms with Crippen LogP contribution >= 0.6 is 0 Å². The van der Waals surface area contributed by atoms with Crippen LogP contribution in [-0.2, 0) is 6.42 Å². The third-order valence-corrected chi connectivity index (χ3v) is 1.83. The van der Waals surface area contributed by atoms with Gasteiger partial charge in [0.25, 0.3) is 6.43 Å². The molecule has 0 fully saturated rings. The van der Waals surface area contributed by atoms with E-state index in [4.69, 9.17) is 9.84 Å². The Hall–Kier alpha value is -1.16. The van der Waals surface area contributed by atoms with Crippen LogP contribution in [0.3, 0.4) is 0 Å². The van der Waals surface area contributed by atoms with Crippen LogP contribution in [-0.4, -0.2) is 24.2 Å². The molecule has 15 heavy (non-hydrogen) atoms. The molecular formula is C11H14F2O2. The number of hydrogen-bond donors (Lipinski definition) is 1. The summed E-state index contributed by atoms with van der Waals surface area (Å²) in [5, 5.41) is 9.12. The molecule has 0 aliphatic heterocycles. The molecule has 0 bridgehead atoms. The minimum Gasteiger partial charge on any atom is -0.488 e. The lowest BCUT2D eigenvalue weighted by molar-refractivity contribution is 0.0819. The first-order valence-corrected chi connectivity index (χ1v) is 4.76. The van der Waals surface area contributed by atoms with Crippen molar-refractivity contribution in [1.82, 2.24) is 0 Å². The number of rotatable bonds is 5. The molecule has 0 saturated carbocycles. The van der Waals surface area contributed by atoms with Crippen LogP contribution in [0.4, 0.5) is 8.78 Å². The van der Waals surface area contributed by atoms with Gasteiger partial charge in [-0.05, 0) is 31.0 Å². The number of aliphatic hydroxyl groups excluding tert-OH is 1. The third-order valence-electron chi connectivity index (χ3n) is 1.83. The van der Waals surface area contributed by atoms with Gasteiger partial charge in [-0.15, -0.1) is 0 Å². The molecule has 0 amide bonds. The highest BCUT2D eigenvalue weighted by atomic mass is 19.3. The number of hydrogen-bond acceptors (Lipinski definition) is 2. The predicted octanol–water partition coefficient (Wildman–Crippen LogP) is 2.25. The highest BCUT2D eigenvalue weighted by Gasteiger charge is 2.04. The van der Waals surface area contributed by atoms with E-state index < -0.39 is 19.1 Å². The van der Waals surface area contributed by atoms with E-state index in [-0.39, 0.29) is 0 Å². The van der Waals surface area contributed by atoms with E-state index in [0.717, 1.165) is 5.56 Å². The lowest BCUT2D eigenvalue weighted by atomic mass is 10.1. The van der Waals surface area contributed by atoms with Gasteiger partial charge < -0.3 is 9.84 Å². The van der Waals surface area contributed by atoms with E-state index in [9.17, 15) is 8.78 Å². The fourth-order valence-corrected chi connectivity index (χ4v) is 1.22. The molecule has 1 atom stereocenters. The maximum Gasteiger partial charge on any atom is 0.272 e. The van der Waals surface area contributed by atoms with Crippen LogP contribution in [0, 0.1) is 0 Å².